The first kappa shape index (κ1) is 27.7. The highest BCUT2D eigenvalue weighted by Crippen LogP contribution is 2.40. The summed E-state index contributed by atoms with van der Waals surface area (Å²) in [6.07, 6.45) is 1.94. The maximum atomic E-state index is 11.3. The molecule has 8 nitrogen and oxygen atoms in total. The third-order valence-corrected chi connectivity index (χ3v) is 6.46. The largest absolute Gasteiger partial charge is 0.493 e. The van der Waals surface area contributed by atoms with E-state index in [4.69, 9.17) is 9.47 Å². The zero-order valence-electron chi connectivity index (χ0n) is 21.0. The zero-order chi connectivity index (χ0) is 26.2. The van der Waals surface area contributed by atoms with Gasteiger partial charge in [-0.3, -0.25) is 0 Å². The van der Waals surface area contributed by atoms with E-state index in [-0.39, 0.29) is 17.0 Å². The number of hydrogen-bond donors (Lipinski definition) is 2. The average Bonchev–Trinajstić information content (AvgIpc) is 2.84. The Morgan fingerprint density at radius 2 is 1.60 bits per heavy atom. The van der Waals surface area contributed by atoms with Gasteiger partial charge >= 0.3 is 11.9 Å². The number of nitrogens with zero attached hydrogens (tertiary/aromatic N) is 2. The molecule has 0 aromatic heterocycles. The van der Waals surface area contributed by atoms with E-state index in [0.717, 1.165) is 18.5 Å². The van der Waals surface area contributed by atoms with Crippen molar-refractivity contribution in [1.29, 1.82) is 5.26 Å². The molecule has 0 bridgehead atoms. The number of methoxy groups -OCH3 is 2. The van der Waals surface area contributed by atoms with E-state index in [0.29, 0.717) is 36.4 Å². The van der Waals surface area contributed by atoms with Gasteiger partial charge in [-0.15, -0.1) is 0 Å². The van der Waals surface area contributed by atoms with Gasteiger partial charge in [-0.1, -0.05) is 19.9 Å². The van der Waals surface area contributed by atoms with E-state index in [1.54, 1.807) is 14.2 Å². The average molecular weight is 483 g/mol. The lowest BCUT2D eigenvalue weighted by Gasteiger charge is -2.32. The number of benzene rings is 2. The van der Waals surface area contributed by atoms with Crippen LogP contribution in [0.2, 0.25) is 0 Å². The molecule has 0 saturated heterocycles. The van der Waals surface area contributed by atoms with Gasteiger partial charge in [-0.2, -0.15) is 5.26 Å². The van der Waals surface area contributed by atoms with Crippen LogP contribution in [0.25, 0.3) is 0 Å². The van der Waals surface area contributed by atoms with E-state index in [2.05, 4.69) is 11.0 Å². The molecule has 0 heterocycles. The first-order valence-electron chi connectivity index (χ1n) is 11.5. The fourth-order valence-electron chi connectivity index (χ4n) is 4.27. The Morgan fingerprint density at radius 3 is 2.09 bits per heavy atom. The number of rotatable bonds is 13. The van der Waals surface area contributed by atoms with Gasteiger partial charge in [0.05, 0.1) is 36.8 Å². The topological polar surface area (TPSA) is 120 Å². The van der Waals surface area contributed by atoms with E-state index in [1.807, 2.05) is 39.1 Å². The smallest absolute Gasteiger partial charge is 0.335 e. The normalized spacial score (nSPS) is 12.7. The molecule has 2 N–H and O–H groups in total. The Labute approximate surface area is 206 Å². The van der Waals surface area contributed by atoms with E-state index in [1.165, 1.54) is 18.2 Å². The second kappa shape index (κ2) is 12.2. The van der Waals surface area contributed by atoms with E-state index < -0.39 is 17.4 Å². The fourth-order valence-corrected chi connectivity index (χ4v) is 4.27. The molecule has 0 fully saturated rings. The third kappa shape index (κ3) is 6.74. The van der Waals surface area contributed by atoms with E-state index >= 15 is 0 Å². The van der Waals surface area contributed by atoms with Crippen molar-refractivity contribution in [1.82, 2.24) is 4.90 Å². The highest BCUT2D eigenvalue weighted by molar-refractivity contribution is 5.94. The molecule has 0 radical (unpaired) electrons. The summed E-state index contributed by atoms with van der Waals surface area (Å²) in [5.41, 5.74) is 0.795. The van der Waals surface area contributed by atoms with Crippen LogP contribution in [0.5, 0.6) is 11.5 Å². The predicted octanol–water partition coefficient (Wildman–Crippen LogP) is 4.47. The lowest BCUT2D eigenvalue weighted by molar-refractivity contribution is 0.0696. The summed E-state index contributed by atoms with van der Waals surface area (Å²) in [4.78, 5) is 24.8. The van der Waals surface area contributed by atoms with Gasteiger partial charge < -0.3 is 24.6 Å². The van der Waals surface area contributed by atoms with Crippen molar-refractivity contribution >= 4 is 11.9 Å². The number of carboxylic acids is 2. The Kier molecular flexibility index (Phi) is 9.67. The Morgan fingerprint density at radius 1 is 1.00 bits per heavy atom. The minimum absolute atomic E-state index is 0.0341. The van der Waals surface area contributed by atoms with Crippen molar-refractivity contribution in [2.24, 2.45) is 5.92 Å². The molecule has 2 aromatic carbocycles. The van der Waals surface area contributed by atoms with E-state index in [9.17, 15) is 25.1 Å². The van der Waals surface area contributed by atoms with Gasteiger partial charge in [-0.25, -0.2) is 9.59 Å². The molecule has 1 unspecified atom stereocenters. The van der Waals surface area contributed by atoms with Gasteiger partial charge in [0.15, 0.2) is 11.5 Å². The minimum Gasteiger partial charge on any atom is -0.493 e. The molecule has 1 atom stereocenters. The van der Waals surface area contributed by atoms with Crippen molar-refractivity contribution < 1.29 is 29.3 Å². The van der Waals surface area contributed by atoms with Crippen LogP contribution in [0, 0.1) is 17.2 Å². The first-order valence-corrected chi connectivity index (χ1v) is 11.5. The molecule has 2 rings (SSSR count). The number of likely N-dealkylation sites (N-methyl/N-ethyl adjacent to an activating group) is 1. The molecule has 0 saturated carbocycles. The van der Waals surface area contributed by atoms with Crippen LogP contribution in [-0.2, 0) is 11.8 Å². The summed E-state index contributed by atoms with van der Waals surface area (Å²) in [7, 11) is 5.11. The number of ether oxygens (including phenoxy) is 2. The summed E-state index contributed by atoms with van der Waals surface area (Å²) in [6, 6.07) is 12.4. The summed E-state index contributed by atoms with van der Waals surface area (Å²) >= 11 is 0. The van der Waals surface area contributed by atoms with Gasteiger partial charge in [0.25, 0.3) is 0 Å². The van der Waals surface area contributed by atoms with Crippen LogP contribution in [0.3, 0.4) is 0 Å². The maximum absolute atomic E-state index is 11.3. The number of carbonyl (C=O) groups is 2. The first-order chi connectivity index (χ1) is 16.6. The second-order valence-electron chi connectivity index (χ2n) is 8.99. The standard InChI is InChI=1S/C27H34N2O6/c1-18(2)27(17-28,22-7-8-23(34-4)24(16-22)35-5)10-6-11-29(3)12-9-19-13-20(25(30)31)15-21(14-19)26(32)33/h7-8,13-16,18H,6,9-12H2,1-5H3,(H,30,31)(H,32,33). The molecular formula is C27H34N2O6. The zero-order valence-corrected chi connectivity index (χ0v) is 21.0. The third-order valence-electron chi connectivity index (χ3n) is 6.46. The van der Waals surface area contributed by atoms with Gasteiger partial charge in [0.1, 0.15) is 0 Å². The molecule has 35 heavy (non-hydrogen) atoms. The molecule has 0 aliphatic carbocycles. The quantitative estimate of drug-likeness (QED) is 0.429. The van der Waals surface area contributed by atoms with Crippen molar-refractivity contribution in [3.05, 3.63) is 58.7 Å². The number of nitriles is 1. The number of carboxylic acid groups (broad SMARTS) is 2. The van der Waals surface area contributed by atoms with Gasteiger partial charge in [0.2, 0.25) is 0 Å². The molecule has 0 spiro atoms. The molecule has 188 valence electrons. The molecule has 0 aliphatic rings. The van der Waals surface area contributed by atoms with Crippen LogP contribution < -0.4 is 9.47 Å². The maximum Gasteiger partial charge on any atom is 0.335 e. The molecule has 2 aromatic rings. The molecule has 0 aliphatic heterocycles. The Balaban J connectivity index is 2.08. The minimum atomic E-state index is -1.15. The van der Waals surface area contributed by atoms with Crippen molar-refractivity contribution in [3.63, 3.8) is 0 Å². The second-order valence-corrected chi connectivity index (χ2v) is 8.99. The molecular weight excluding hydrogens is 448 g/mol. The van der Waals surface area contributed by atoms with Crippen LogP contribution in [0.15, 0.2) is 36.4 Å². The van der Waals surface area contributed by atoms with Crippen molar-refractivity contribution in [2.45, 2.75) is 38.5 Å². The van der Waals surface area contributed by atoms with Crippen molar-refractivity contribution in [3.8, 4) is 17.6 Å². The Bertz CT molecular complexity index is 1060. The monoisotopic (exact) mass is 482 g/mol. The van der Waals surface area contributed by atoms with Crippen LogP contribution >= 0.6 is 0 Å². The van der Waals surface area contributed by atoms with Crippen LogP contribution in [0.1, 0.15) is 58.5 Å². The molecule has 8 heteroatoms. The lowest BCUT2D eigenvalue weighted by atomic mass is 9.69. The van der Waals surface area contributed by atoms with Crippen LogP contribution in [0.4, 0.5) is 0 Å². The highest BCUT2D eigenvalue weighted by atomic mass is 16.5. The Hall–Kier alpha value is -3.57. The van der Waals surface area contributed by atoms with Crippen LogP contribution in [-0.4, -0.2) is 61.4 Å². The van der Waals surface area contributed by atoms with Gasteiger partial charge in [-0.05, 0) is 80.2 Å². The number of hydrogen-bond acceptors (Lipinski definition) is 6. The fraction of sp³-hybridized carbons (Fsp3) is 0.444. The summed E-state index contributed by atoms with van der Waals surface area (Å²) < 4.78 is 10.8. The SMILES string of the molecule is COc1ccc(C(C#N)(CCCN(C)CCc2cc(C(=O)O)cc(C(=O)O)c2)C(C)C)cc1OC. The highest BCUT2D eigenvalue weighted by Gasteiger charge is 2.36. The summed E-state index contributed by atoms with van der Waals surface area (Å²) in [6.45, 7) is 5.44. The van der Waals surface area contributed by atoms with Crippen molar-refractivity contribution in [2.75, 3.05) is 34.4 Å². The summed E-state index contributed by atoms with van der Waals surface area (Å²) in [5.74, 6) is -1.03. The predicted molar refractivity (Wildman–Crippen MR) is 132 cm³/mol. The van der Waals surface area contributed by atoms with Gasteiger partial charge in [0, 0.05) is 6.54 Å². The summed E-state index contributed by atoms with van der Waals surface area (Å²) in [5, 5.41) is 28.7. The molecule has 0 amide bonds. The lowest BCUT2D eigenvalue weighted by Crippen LogP contribution is -2.32. The number of aromatic carboxylic acids is 2.